The second-order valence-corrected chi connectivity index (χ2v) is 5.08. The van der Waals surface area contributed by atoms with Gasteiger partial charge < -0.3 is 11.1 Å². The van der Waals surface area contributed by atoms with Crippen LogP contribution in [0.4, 0.5) is 5.69 Å². The van der Waals surface area contributed by atoms with Gasteiger partial charge in [-0.25, -0.2) is 4.68 Å². The zero-order valence-electron chi connectivity index (χ0n) is 11.1. The van der Waals surface area contributed by atoms with E-state index >= 15 is 0 Å². The van der Waals surface area contributed by atoms with Gasteiger partial charge in [-0.05, 0) is 34.5 Å². The summed E-state index contributed by atoms with van der Waals surface area (Å²) in [5.74, 6) is -0.243. The zero-order chi connectivity index (χ0) is 14.7. The Balaban J connectivity index is 2.24. The second kappa shape index (κ2) is 5.98. The number of carbonyl (C=O) groups excluding carboxylic acids is 1. The number of rotatable bonds is 4. The van der Waals surface area contributed by atoms with Crippen molar-refractivity contribution in [2.75, 3.05) is 5.32 Å². The fourth-order valence-electron chi connectivity index (χ4n) is 1.55. The van der Waals surface area contributed by atoms with Gasteiger partial charge in [-0.15, -0.1) is 5.10 Å². The van der Waals surface area contributed by atoms with Gasteiger partial charge in [0.05, 0.1) is 22.4 Å². The first-order valence-electron chi connectivity index (χ1n) is 6.08. The third-order valence-corrected chi connectivity index (χ3v) is 3.17. The summed E-state index contributed by atoms with van der Waals surface area (Å²) in [5, 5.41) is 14.0. The quantitative estimate of drug-likeness (QED) is 0.884. The van der Waals surface area contributed by atoms with E-state index < -0.39 is 6.04 Å². The van der Waals surface area contributed by atoms with E-state index in [0.29, 0.717) is 16.4 Å². The van der Waals surface area contributed by atoms with Crippen LogP contribution in [0.2, 0.25) is 5.02 Å². The molecule has 1 aromatic heterocycles. The molecule has 8 heteroatoms. The standard InChI is InChI=1S/C12H15ClN6O/c1-7(2)11(14)12(20)16-10-5-8(3-4-9(10)13)19-6-15-17-18-19/h3-7,11H,14H2,1-2H3,(H,16,20)/t11-/m1/s1. The van der Waals surface area contributed by atoms with Crippen LogP contribution in [-0.2, 0) is 4.79 Å². The van der Waals surface area contributed by atoms with Crippen molar-refractivity contribution >= 4 is 23.2 Å². The maximum Gasteiger partial charge on any atom is 0.241 e. The average molecular weight is 295 g/mol. The molecule has 0 radical (unpaired) electrons. The molecule has 1 atom stereocenters. The Hall–Kier alpha value is -1.99. The molecule has 2 aromatic rings. The molecule has 7 nitrogen and oxygen atoms in total. The molecule has 1 aromatic carbocycles. The molecule has 0 aliphatic heterocycles. The van der Waals surface area contributed by atoms with Crippen molar-refractivity contribution in [3.8, 4) is 5.69 Å². The Morgan fingerprint density at radius 3 is 2.80 bits per heavy atom. The summed E-state index contributed by atoms with van der Waals surface area (Å²) in [5.41, 5.74) is 6.96. The van der Waals surface area contributed by atoms with Crippen molar-refractivity contribution in [2.45, 2.75) is 19.9 Å². The SMILES string of the molecule is CC(C)[C@@H](N)C(=O)Nc1cc(-n2cnnn2)ccc1Cl. The maximum atomic E-state index is 12.0. The molecule has 0 bridgehead atoms. The first-order chi connectivity index (χ1) is 9.49. The number of halogens is 1. The molecular weight excluding hydrogens is 280 g/mol. The number of amides is 1. The number of anilines is 1. The monoisotopic (exact) mass is 294 g/mol. The van der Waals surface area contributed by atoms with E-state index in [4.69, 9.17) is 17.3 Å². The van der Waals surface area contributed by atoms with Gasteiger partial charge in [0.25, 0.3) is 0 Å². The van der Waals surface area contributed by atoms with Gasteiger partial charge in [0.1, 0.15) is 6.33 Å². The van der Waals surface area contributed by atoms with Crippen molar-refractivity contribution < 1.29 is 4.79 Å². The van der Waals surface area contributed by atoms with Gasteiger partial charge in [-0.1, -0.05) is 25.4 Å². The van der Waals surface area contributed by atoms with E-state index in [1.165, 1.54) is 11.0 Å². The molecule has 1 amide bonds. The lowest BCUT2D eigenvalue weighted by atomic mass is 10.0. The molecule has 106 valence electrons. The lowest BCUT2D eigenvalue weighted by Crippen LogP contribution is -2.39. The summed E-state index contributed by atoms with van der Waals surface area (Å²) in [7, 11) is 0. The van der Waals surface area contributed by atoms with Crippen LogP contribution in [0.3, 0.4) is 0 Å². The number of nitrogens with zero attached hydrogens (tertiary/aromatic N) is 4. The molecule has 3 N–H and O–H groups in total. The van der Waals surface area contributed by atoms with Gasteiger partial charge >= 0.3 is 0 Å². The number of tetrazole rings is 1. The molecule has 0 aliphatic carbocycles. The number of carbonyl (C=O) groups is 1. The molecule has 2 rings (SSSR count). The van der Waals surface area contributed by atoms with Crippen LogP contribution in [0.15, 0.2) is 24.5 Å². The number of hydrogen-bond donors (Lipinski definition) is 2. The van der Waals surface area contributed by atoms with E-state index in [1.807, 2.05) is 13.8 Å². The van der Waals surface area contributed by atoms with E-state index in [0.717, 1.165) is 0 Å². The molecule has 0 fully saturated rings. The first kappa shape index (κ1) is 14.4. The van der Waals surface area contributed by atoms with Crippen molar-refractivity contribution in [2.24, 2.45) is 11.7 Å². The van der Waals surface area contributed by atoms with Crippen molar-refractivity contribution in [1.29, 1.82) is 0 Å². The fourth-order valence-corrected chi connectivity index (χ4v) is 1.71. The van der Waals surface area contributed by atoms with E-state index in [2.05, 4.69) is 20.8 Å². The van der Waals surface area contributed by atoms with Gasteiger partial charge in [0, 0.05) is 0 Å². The normalized spacial score (nSPS) is 12.4. The van der Waals surface area contributed by atoms with E-state index in [1.54, 1.807) is 18.2 Å². The third kappa shape index (κ3) is 3.12. The van der Waals surface area contributed by atoms with Gasteiger partial charge in [0.15, 0.2) is 0 Å². The minimum atomic E-state index is -0.595. The molecule has 0 saturated heterocycles. The van der Waals surface area contributed by atoms with Crippen LogP contribution in [-0.4, -0.2) is 32.2 Å². The number of benzene rings is 1. The Morgan fingerprint density at radius 2 is 2.20 bits per heavy atom. The minimum Gasteiger partial charge on any atom is -0.323 e. The van der Waals surface area contributed by atoms with Crippen molar-refractivity contribution in [3.05, 3.63) is 29.5 Å². The van der Waals surface area contributed by atoms with Crippen LogP contribution >= 0.6 is 11.6 Å². The topological polar surface area (TPSA) is 98.7 Å². The predicted octanol–water partition coefficient (Wildman–Crippen LogP) is 1.24. The summed E-state index contributed by atoms with van der Waals surface area (Å²) in [6.45, 7) is 3.76. The lowest BCUT2D eigenvalue weighted by Gasteiger charge is -2.16. The van der Waals surface area contributed by atoms with Crippen LogP contribution in [0, 0.1) is 5.92 Å². The third-order valence-electron chi connectivity index (χ3n) is 2.84. The summed E-state index contributed by atoms with van der Waals surface area (Å²) >= 11 is 6.07. The highest BCUT2D eigenvalue weighted by atomic mass is 35.5. The molecule has 1 heterocycles. The van der Waals surface area contributed by atoms with Crippen molar-refractivity contribution in [3.63, 3.8) is 0 Å². The smallest absolute Gasteiger partial charge is 0.241 e. The molecule has 20 heavy (non-hydrogen) atoms. The van der Waals surface area contributed by atoms with Crippen molar-refractivity contribution in [1.82, 2.24) is 20.2 Å². The van der Waals surface area contributed by atoms with Gasteiger partial charge in [0.2, 0.25) is 5.91 Å². The number of nitrogens with two attached hydrogens (primary N) is 1. The first-order valence-corrected chi connectivity index (χ1v) is 6.46. The molecule has 0 aliphatic rings. The highest BCUT2D eigenvalue weighted by molar-refractivity contribution is 6.33. The zero-order valence-corrected chi connectivity index (χ0v) is 11.9. The molecule has 0 spiro atoms. The fraction of sp³-hybridized carbons (Fsp3) is 0.333. The molecule has 0 saturated carbocycles. The summed E-state index contributed by atoms with van der Waals surface area (Å²) in [6, 6.07) is 4.50. The maximum absolute atomic E-state index is 12.0. The summed E-state index contributed by atoms with van der Waals surface area (Å²) in [4.78, 5) is 12.0. The second-order valence-electron chi connectivity index (χ2n) is 4.68. The number of nitrogens with one attached hydrogen (secondary N) is 1. The lowest BCUT2D eigenvalue weighted by molar-refractivity contribution is -0.118. The molecular formula is C12H15ClN6O. The van der Waals surface area contributed by atoms with E-state index in [9.17, 15) is 4.79 Å². The Kier molecular flexibility index (Phi) is 4.31. The molecule has 0 unspecified atom stereocenters. The summed E-state index contributed by atoms with van der Waals surface area (Å²) in [6.07, 6.45) is 1.45. The number of aromatic nitrogens is 4. The average Bonchev–Trinajstić information content (AvgIpc) is 2.94. The van der Waals surface area contributed by atoms with Crippen LogP contribution < -0.4 is 11.1 Å². The van der Waals surface area contributed by atoms with Gasteiger partial charge in [-0.2, -0.15) is 0 Å². The Labute approximate surface area is 121 Å². The van der Waals surface area contributed by atoms with Crippen LogP contribution in [0.1, 0.15) is 13.8 Å². The van der Waals surface area contributed by atoms with Gasteiger partial charge in [-0.3, -0.25) is 4.79 Å². The highest BCUT2D eigenvalue weighted by Gasteiger charge is 2.18. The van der Waals surface area contributed by atoms with E-state index in [-0.39, 0.29) is 11.8 Å². The Bertz CT molecular complexity index is 598. The largest absolute Gasteiger partial charge is 0.323 e. The number of hydrogen-bond acceptors (Lipinski definition) is 5. The minimum absolute atomic E-state index is 0.0384. The Morgan fingerprint density at radius 1 is 1.45 bits per heavy atom. The summed E-state index contributed by atoms with van der Waals surface area (Å²) < 4.78 is 1.47. The van der Waals surface area contributed by atoms with Crippen LogP contribution in [0.25, 0.3) is 5.69 Å². The predicted molar refractivity (Wildman–Crippen MR) is 75.6 cm³/mol. The highest BCUT2D eigenvalue weighted by Crippen LogP contribution is 2.24. The van der Waals surface area contributed by atoms with Crippen LogP contribution in [0.5, 0.6) is 0 Å².